The van der Waals surface area contributed by atoms with Crippen molar-refractivity contribution in [3.63, 3.8) is 0 Å². The molecule has 150 valence electrons. The Balaban J connectivity index is 1.70. The second-order valence-corrected chi connectivity index (χ2v) is 8.28. The van der Waals surface area contributed by atoms with E-state index in [4.69, 9.17) is 33.8 Å². The Hall–Kier alpha value is -2.51. The van der Waals surface area contributed by atoms with Gasteiger partial charge in [-0.15, -0.1) is 0 Å². The molecule has 0 spiro atoms. The van der Waals surface area contributed by atoms with E-state index >= 15 is 0 Å². The van der Waals surface area contributed by atoms with Crippen LogP contribution < -0.4 is 15.4 Å². The number of hydrogen-bond acceptors (Lipinski definition) is 5. The van der Waals surface area contributed by atoms with Gasteiger partial charge < -0.3 is 10.1 Å². The lowest BCUT2D eigenvalue weighted by atomic mass is 10.2. The van der Waals surface area contributed by atoms with Crippen molar-refractivity contribution >= 4 is 72.4 Å². The second-order valence-electron chi connectivity index (χ2n) is 5.76. The topological polar surface area (TPSA) is 87.0 Å². The molecule has 2 aromatic carbocycles. The summed E-state index contributed by atoms with van der Waals surface area (Å²) in [6.07, 6.45) is 1.42. The molecule has 0 atom stereocenters. The van der Waals surface area contributed by atoms with Crippen molar-refractivity contribution in [2.45, 2.75) is 0 Å². The highest BCUT2D eigenvalue weighted by atomic mass is 79.9. The summed E-state index contributed by atoms with van der Waals surface area (Å²) in [4.78, 5) is 16.4. The molecular weight excluding hydrogens is 556 g/mol. The number of carbonyl (C=O) groups excluding carboxylic acids is 1. The Morgan fingerprint density at radius 2 is 1.87 bits per heavy atom. The monoisotopic (exact) mass is 564 g/mol. The lowest BCUT2D eigenvalue weighted by molar-refractivity contribution is 0.0978. The molecule has 0 aliphatic carbocycles. The molecule has 0 saturated carbocycles. The van der Waals surface area contributed by atoms with E-state index in [9.17, 15) is 4.79 Å². The average molecular weight is 567 g/mol. The minimum absolute atomic E-state index is 0.112. The molecule has 0 saturated heterocycles. The number of rotatable bonds is 4. The molecular formula is C20H11Br2ClN4O2S. The van der Waals surface area contributed by atoms with Gasteiger partial charge in [-0.05, 0) is 74.4 Å². The largest absolute Gasteiger partial charge is 0.437 e. The number of anilines is 1. The normalized spacial score (nSPS) is 10.1. The molecule has 2 N–H and O–H groups in total. The van der Waals surface area contributed by atoms with Crippen molar-refractivity contribution in [2.75, 3.05) is 5.32 Å². The van der Waals surface area contributed by atoms with Crippen LogP contribution in [0.5, 0.6) is 11.6 Å². The zero-order valence-corrected chi connectivity index (χ0v) is 19.7. The van der Waals surface area contributed by atoms with E-state index in [1.165, 1.54) is 6.20 Å². The molecule has 10 heteroatoms. The van der Waals surface area contributed by atoms with Crippen LogP contribution in [0, 0.1) is 11.3 Å². The SMILES string of the molecule is N#Cc1ccc(Oc2c(Br)cc(NC(=S)NC(=O)c3ccccc3Cl)cc2Br)nc1. The molecule has 1 heterocycles. The fourth-order valence-electron chi connectivity index (χ4n) is 2.32. The first kappa shape index (κ1) is 22.2. The third-order valence-electron chi connectivity index (χ3n) is 3.67. The standard InChI is InChI=1S/C20H11Br2ClN4O2S/c21-14-7-12(26-20(30)27-19(28)13-3-1-2-4-16(13)23)8-15(22)18(14)29-17-6-5-11(9-24)10-25-17/h1-8,10H,(H2,26,27,28,30). The Labute approximate surface area is 199 Å². The minimum atomic E-state index is -0.414. The lowest BCUT2D eigenvalue weighted by Gasteiger charge is -2.14. The fourth-order valence-corrected chi connectivity index (χ4v) is 4.10. The molecule has 3 aromatic rings. The molecule has 6 nitrogen and oxygen atoms in total. The number of nitrogens with one attached hydrogen (secondary N) is 2. The number of hydrogen-bond donors (Lipinski definition) is 2. The number of amides is 1. The number of aromatic nitrogens is 1. The predicted molar refractivity (Wildman–Crippen MR) is 126 cm³/mol. The van der Waals surface area contributed by atoms with Gasteiger partial charge in [0.1, 0.15) is 6.07 Å². The Kier molecular flexibility index (Phi) is 7.39. The maximum atomic E-state index is 12.3. The summed E-state index contributed by atoms with van der Waals surface area (Å²) in [5.74, 6) is 0.408. The van der Waals surface area contributed by atoms with Crippen molar-refractivity contribution in [3.8, 4) is 17.7 Å². The van der Waals surface area contributed by atoms with E-state index in [0.717, 1.165) is 0 Å². The van der Waals surface area contributed by atoms with Crippen LogP contribution >= 0.6 is 55.7 Å². The van der Waals surface area contributed by atoms with Crippen LogP contribution in [0.1, 0.15) is 15.9 Å². The molecule has 1 amide bonds. The highest BCUT2D eigenvalue weighted by Crippen LogP contribution is 2.38. The molecule has 0 bridgehead atoms. The highest BCUT2D eigenvalue weighted by Gasteiger charge is 2.14. The third kappa shape index (κ3) is 5.55. The first-order chi connectivity index (χ1) is 14.4. The fraction of sp³-hybridized carbons (Fsp3) is 0. The predicted octanol–water partition coefficient (Wildman–Crippen LogP) is 6.05. The third-order valence-corrected chi connectivity index (χ3v) is 5.39. The molecule has 0 radical (unpaired) electrons. The van der Waals surface area contributed by atoms with Gasteiger partial charge in [-0.1, -0.05) is 23.7 Å². The number of thiocarbonyl (C=S) groups is 1. The maximum absolute atomic E-state index is 12.3. The zero-order valence-electron chi connectivity index (χ0n) is 14.9. The highest BCUT2D eigenvalue weighted by molar-refractivity contribution is 9.11. The number of ether oxygens (including phenoxy) is 1. The van der Waals surface area contributed by atoms with Gasteiger partial charge in [-0.3, -0.25) is 10.1 Å². The summed E-state index contributed by atoms with van der Waals surface area (Å²) in [6, 6.07) is 15.4. The van der Waals surface area contributed by atoms with Crippen molar-refractivity contribution in [1.82, 2.24) is 10.3 Å². The number of carbonyl (C=O) groups is 1. The summed E-state index contributed by atoms with van der Waals surface area (Å²) in [5, 5.41) is 14.8. The summed E-state index contributed by atoms with van der Waals surface area (Å²) in [6.45, 7) is 0. The number of benzene rings is 2. The summed E-state index contributed by atoms with van der Waals surface area (Å²) in [7, 11) is 0. The van der Waals surface area contributed by atoms with E-state index < -0.39 is 5.91 Å². The van der Waals surface area contributed by atoms with Gasteiger partial charge in [0.05, 0.1) is 25.1 Å². The molecule has 0 unspecified atom stereocenters. The van der Waals surface area contributed by atoms with Crippen LogP contribution in [-0.4, -0.2) is 16.0 Å². The Bertz CT molecular complexity index is 1140. The molecule has 3 rings (SSSR count). The second kappa shape index (κ2) is 10.00. The zero-order chi connectivity index (χ0) is 21.7. The van der Waals surface area contributed by atoms with E-state index in [1.54, 1.807) is 48.5 Å². The maximum Gasteiger partial charge on any atom is 0.258 e. The van der Waals surface area contributed by atoms with Crippen molar-refractivity contribution in [1.29, 1.82) is 5.26 Å². The van der Waals surface area contributed by atoms with Gasteiger partial charge in [-0.2, -0.15) is 5.26 Å². The van der Waals surface area contributed by atoms with E-state index in [-0.39, 0.29) is 5.11 Å². The van der Waals surface area contributed by atoms with Crippen molar-refractivity contribution in [2.24, 2.45) is 0 Å². The van der Waals surface area contributed by atoms with Crippen molar-refractivity contribution in [3.05, 3.63) is 79.8 Å². The smallest absolute Gasteiger partial charge is 0.258 e. The van der Waals surface area contributed by atoms with E-state index in [1.807, 2.05) is 6.07 Å². The van der Waals surface area contributed by atoms with Gasteiger partial charge in [0.15, 0.2) is 10.9 Å². The van der Waals surface area contributed by atoms with Crippen LogP contribution in [0.4, 0.5) is 5.69 Å². The Morgan fingerprint density at radius 3 is 2.47 bits per heavy atom. The molecule has 0 aliphatic heterocycles. The molecule has 0 aliphatic rings. The summed E-state index contributed by atoms with van der Waals surface area (Å²) in [5.41, 5.74) is 1.37. The molecule has 0 fully saturated rings. The average Bonchev–Trinajstić information content (AvgIpc) is 2.71. The van der Waals surface area contributed by atoms with Crippen LogP contribution in [0.15, 0.2) is 63.7 Å². The van der Waals surface area contributed by atoms with Crippen molar-refractivity contribution < 1.29 is 9.53 Å². The van der Waals surface area contributed by atoms with Gasteiger partial charge in [0.25, 0.3) is 5.91 Å². The molecule has 30 heavy (non-hydrogen) atoms. The van der Waals surface area contributed by atoms with E-state index in [2.05, 4.69) is 47.5 Å². The van der Waals surface area contributed by atoms with Gasteiger partial charge in [-0.25, -0.2) is 4.98 Å². The van der Waals surface area contributed by atoms with Gasteiger partial charge in [0, 0.05) is 18.0 Å². The van der Waals surface area contributed by atoms with Crippen LogP contribution in [0.25, 0.3) is 0 Å². The first-order valence-electron chi connectivity index (χ1n) is 8.27. The summed E-state index contributed by atoms with van der Waals surface area (Å²) >= 11 is 18.1. The number of pyridine rings is 1. The quantitative estimate of drug-likeness (QED) is 0.374. The van der Waals surface area contributed by atoms with Gasteiger partial charge in [0.2, 0.25) is 5.88 Å². The lowest BCUT2D eigenvalue weighted by Crippen LogP contribution is -2.34. The summed E-state index contributed by atoms with van der Waals surface area (Å²) < 4.78 is 7.01. The number of halogens is 3. The molecule has 1 aromatic heterocycles. The van der Waals surface area contributed by atoms with Gasteiger partial charge >= 0.3 is 0 Å². The van der Waals surface area contributed by atoms with Crippen LogP contribution in [0.2, 0.25) is 5.02 Å². The Morgan fingerprint density at radius 1 is 1.17 bits per heavy atom. The van der Waals surface area contributed by atoms with Crippen LogP contribution in [-0.2, 0) is 0 Å². The van der Waals surface area contributed by atoms with Crippen LogP contribution in [0.3, 0.4) is 0 Å². The first-order valence-corrected chi connectivity index (χ1v) is 10.6. The number of nitrogens with zero attached hydrogens (tertiary/aromatic N) is 2. The number of nitriles is 1. The van der Waals surface area contributed by atoms with E-state index in [0.29, 0.717) is 42.4 Å². The minimum Gasteiger partial charge on any atom is -0.437 e.